The van der Waals surface area contributed by atoms with Crippen molar-refractivity contribution in [3.8, 4) is 0 Å². The van der Waals surface area contributed by atoms with Crippen molar-refractivity contribution in [2.24, 2.45) is 0 Å². The first-order valence-corrected chi connectivity index (χ1v) is 14.5. The van der Waals surface area contributed by atoms with E-state index < -0.39 is 0 Å². The highest BCUT2D eigenvalue weighted by Crippen LogP contribution is 1.96. The Morgan fingerprint density at radius 3 is 0.667 bits per heavy atom. The van der Waals surface area contributed by atoms with Gasteiger partial charge in [-0.05, 0) is 48.5 Å². The number of nitrogens with zero attached hydrogens (tertiary/aromatic N) is 2. The molecule has 0 spiro atoms. The minimum Gasteiger partial charge on any atom is -0.400 e. The second kappa shape index (κ2) is 97.2. The molecule has 7 heteroatoms. The van der Waals surface area contributed by atoms with E-state index in [0.717, 1.165) is 18.5 Å². The lowest BCUT2D eigenvalue weighted by atomic mass is 10.3. The lowest BCUT2D eigenvalue weighted by Gasteiger charge is -1.83. The van der Waals surface area contributed by atoms with E-state index in [0.29, 0.717) is 0 Å². The Balaban J connectivity index is -0.0000000326. The molecule has 0 saturated heterocycles. The summed E-state index contributed by atoms with van der Waals surface area (Å²) in [6.07, 6.45) is 8.47. The summed E-state index contributed by atoms with van der Waals surface area (Å²) in [4.78, 5) is 7.57. The summed E-state index contributed by atoms with van der Waals surface area (Å²) >= 11 is 4.64. The molecule has 0 fully saturated rings. The average molecular weight is 658 g/mol. The zero-order chi connectivity index (χ0) is 33.4. The van der Waals surface area contributed by atoms with Crippen LogP contribution in [0.15, 0.2) is 122 Å². The molecule has 0 unspecified atom stereocenters. The molecule has 2 aromatic heterocycles. The van der Waals surface area contributed by atoms with Crippen LogP contribution in [0.2, 0.25) is 0 Å². The maximum absolute atomic E-state index is 7.00. The van der Waals surface area contributed by atoms with E-state index in [1.165, 1.54) is 6.38 Å². The molecule has 45 heavy (non-hydrogen) atoms. The van der Waals surface area contributed by atoms with E-state index >= 15 is 0 Å². The molecule has 4 rings (SSSR count). The Hall–Kier alpha value is -3.45. The number of para-hydroxylation sites is 2. The zero-order valence-electron chi connectivity index (χ0n) is 27.8. The summed E-state index contributed by atoms with van der Waals surface area (Å²) in [5, 5.41) is 7.00. The van der Waals surface area contributed by atoms with Crippen LogP contribution in [0.1, 0.15) is 85.1 Å². The van der Waals surface area contributed by atoms with Crippen molar-refractivity contribution in [1.82, 2.24) is 9.97 Å². The highest BCUT2D eigenvalue weighted by Gasteiger charge is 1.73. The van der Waals surface area contributed by atoms with Crippen LogP contribution in [0.3, 0.4) is 0 Å². The third-order valence-electron chi connectivity index (χ3n) is 2.73. The number of nitrogens with two attached hydrogens (primary N) is 2. The highest BCUT2D eigenvalue weighted by atomic mass is 35.5. The molecular formula is C38H77ClN4O2. The van der Waals surface area contributed by atoms with E-state index in [4.69, 9.17) is 16.6 Å². The van der Waals surface area contributed by atoms with Gasteiger partial charge in [-0.15, -0.1) is 11.6 Å². The SMILES string of the molecule is C.C.C.C.CC.CC.CC.CC.CCl.CO.COC.Nc1ccccc1.Nc1ccccc1.c1ccncc1.c1ccncc1. The van der Waals surface area contributed by atoms with Crippen LogP contribution < -0.4 is 11.5 Å². The molecule has 0 atom stereocenters. The Morgan fingerprint density at radius 2 is 0.600 bits per heavy atom. The Bertz CT molecular complexity index is 663. The number of benzene rings is 2. The van der Waals surface area contributed by atoms with Gasteiger partial charge in [-0.2, -0.15) is 0 Å². The standard InChI is InChI=1S/2C6H7N.2C5H5N.C2H6O.4C2H6.CH3Cl.CH4O.4CH4/c2*7-6-4-2-1-3-5-6;2*1-2-4-6-5-3-1;1-3-2;6*1-2;;;;/h2*1-5H,7H2;2*1-5H;1-2H3;4*1-2H3;1H3;2H,1H3;4*1H4. The fourth-order valence-electron chi connectivity index (χ4n) is 1.53. The van der Waals surface area contributed by atoms with Gasteiger partial charge in [0.1, 0.15) is 0 Å². The van der Waals surface area contributed by atoms with E-state index in [9.17, 15) is 0 Å². The molecule has 0 bridgehead atoms. The van der Waals surface area contributed by atoms with Crippen LogP contribution in [0, 0.1) is 0 Å². The van der Waals surface area contributed by atoms with Gasteiger partial charge in [-0.1, -0.05) is 134 Å². The summed E-state index contributed by atoms with van der Waals surface area (Å²) < 4.78 is 4.25. The normalized spacial score (nSPS) is 6.00. The third-order valence-corrected chi connectivity index (χ3v) is 2.73. The van der Waals surface area contributed by atoms with E-state index in [1.807, 2.05) is 152 Å². The Labute approximate surface area is 288 Å². The zero-order valence-corrected chi connectivity index (χ0v) is 28.6. The number of methoxy groups -OCH3 is 1. The van der Waals surface area contributed by atoms with Gasteiger partial charge in [0, 0.05) is 63.9 Å². The number of alkyl halides is 1. The number of hydrogen-bond donors (Lipinski definition) is 3. The maximum Gasteiger partial charge on any atom is 0.0351 e. The van der Waals surface area contributed by atoms with Gasteiger partial charge in [0.05, 0.1) is 0 Å². The number of pyridine rings is 2. The highest BCUT2D eigenvalue weighted by molar-refractivity contribution is 6.15. The van der Waals surface area contributed by atoms with Crippen molar-refractivity contribution in [2.75, 3.05) is 39.2 Å². The number of nitrogen functional groups attached to an aromatic ring is 2. The third kappa shape index (κ3) is 100.0. The van der Waals surface area contributed by atoms with Gasteiger partial charge in [0.2, 0.25) is 0 Å². The maximum atomic E-state index is 7.00. The molecular weight excluding hydrogens is 580 g/mol. The molecule has 0 saturated carbocycles. The quantitative estimate of drug-likeness (QED) is 0.128. The molecule has 0 aliphatic carbocycles. The molecule has 0 aliphatic rings. The van der Waals surface area contributed by atoms with E-state index in [2.05, 4.69) is 26.3 Å². The number of ether oxygens (including phenoxy) is 1. The van der Waals surface area contributed by atoms with Crippen molar-refractivity contribution in [3.05, 3.63) is 122 Å². The van der Waals surface area contributed by atoms with Gasteiger partial charge in [-0.25, -0.2) is 0 Å². The second-order valence-corrected chi connectivity index (χ2v) is 5.28. The molecule has 4 aromatic rings. The first-order valence-electron chi connectivity index (χ1n) is 13.7. The Kier molecular flexibility index (Phi) is 158. The minimum atomic E-state index is 0. The van der Waals surface area contributed by atoms with Gasteiger partial charge in [0.25, 0.3) is 0 Å². The predicted molar refractivity (Wildman–Crippen MR) is 215 cm³/mol. The van der Waals surface area contributed by atoms with Crippen molar-refractivity contribution in [3.63, 3.8) is 0 Å². The lowest BCUT2D eigenvalue weighted by Crippen LogP contribution is -1.79. The smallest absolute Gasteiger partial charge is 0.0351 e. The monoisotopic (exact) mass is 657 g/mol. The number of hydrogen-bond acceptors (Lipinski definition) is 6. The molecule has 2 aromatic carbocycles. The average Bonchev–Trinajstić information content (AvgIpc) is 3.10. The van der Waals surface area contributed by atoms with Crippen LogP contribution in [-0.4, -0.2) is 42.8 Å². The fourth-order valence-corrected chi connectivity index (χ4v) is 1.53. The molecule has 6 nitrogen and oxygen atoms in total. The first-order chi connectivity index (χ1) is 20.2. The summed E-state index contributed by atoms with van der Waals surface area (Å²) in [7, 11) is 4.25. The number of anilines is 2. The molecule has 0 radical (unpaired) electrons. The summed E-state index contributed by atoms with van der Waals surface area (Å²) in [6.45, 7) is 16.0. The number of aliphatic hydroxyl groups excluding tert-OH is 1. The molecule has 268 valence electrons. The molecule has 0 amide bonds. The van der Waals surface area contributed by atoms with Crippen molar-refractivity contribution in [2.45, 2.75) is 85.1 Å². The Morgan fingerprint density at radius 1 is 0.444 bits per heavy atom. The number of aliphatic hydroxyl groups is 1. The van der Waals surface area contributed by atoms with Gasteiger partial charge in [0.15, 0.2) is 0 Å². The first kappa shape index (κ1) is 73.2. The summed E-state index contributed by atoms with van der Waals surface area (Å²) in [6, 6.07) is 30.4. The number of rotatable bonds is 0. The summed E-state index contributed by atoms with van der Waals surface area (Å²) in [5.74, 6) is 0. The van der Waals surface area contributed by atoms with Crippen molar-refractivity contribution >= 4 is 23.0 Å². The van der Waals surface area contributed by atoms with Gasteiger partial charge in [-0.3, -0.25) is 9.97 Å². The fraction of sp³-hybridized carbons (Fsp3) is 0.421. The minimum absolute atomic E-state index is 0. The van der Waals surface area contributed by atoms with Gasteiger partial charge >= 0.3 is 0 Å². The predicted octanol–water partition coefficient (Wildman–Crippen LogP) is 12.1. The van der Waals surface area contributed by atoms with E-state index in [1.54, 1.807) is 39.0 Å². The van der Waals surface area contributed by atoms with E-state index in [-0.39, 0.29) is 29.7 Å². The number of aromatic nitrogens is 2. The van der Waals surface area contributed by atoms with Gasteiger partial charge < -0.3 is 21.3 Å². The van der Waals surface area contributed by atoms with Crippen LogP contribution >= 0.6 is 11.6 Å². The lowest BCUT2D eigenvalue weighted by molar-refractivity contribution is 0.277. The molecule has 0 aliphatic heterocycles. The van der Waals surface area contributed by atoms with Crippen molar-refractivity contribution < 1.29 is 9.84 Å². The molecule has 2 heterocycles. The molecule has 5 N–H and O–H groups in total. The van der Waals surface area contributed by atoms with Crippen molar-refractivity contribution in [1.29, 1.82) is 0 Å². The number of halogens is 1. The summed E-state index contributed by atoms with van der Waals surface area (Å²) in [5.41, 5.74) is 12.4. The largest absolute Gasteiger partial charge is 0.400 e. The van der Waals surface area contributed by atoms with Crippen LogP contribution in [-0.2, 0) is 4.74 Å². The van der Waals surface area contributed by atoms with Crippen LogP contribution in [0.4, 0.5) is 11.4 Å². The van der Waals surface area contributed by atoms with Crippen LogP contribution in [0.5, 0.6) is 0 Å². The second-order valence-electron chi connectivity index (χ2n) is 5.28. The van der Waals surface area contributed by atoms with Crippen LogP contribution in [0.25, 0.3) is 0 Å². The topological polar surface area (TPSA) is 107 Å².